The van der Waals surface area contributed by atoms with Crippen molar-refractivity contribution >= 4 is 35.1 Å². The topological polar surface area (TPSA) is 21.6 Å². The van der Waals surface area contributed by atoms with E-state index in [1.54, 1.807) is 7.11 Å². The Balaban J connectivity index is 1.73. The molecule has 2 nitrogen and oxygen atoms in total. The van der Waals surface area contributed by atoms with Crippen molar-refractivity contribution in [1.29, 1.82) is 0 Å². The third kappa shape index (κ3) is 3.14. The largest absolute Gasteiger partial charge is 0.497 e. The predicted octanol–water partition coefficient (Wildman–Crippen LogP) is 7.71. The Labute approximate surface area is 187 Å². The predicted molar refractivity (Wildman–Crippen MR) is 125 cm³/mol. The van der Waals surface area contributed by atoms with Gasteiger partial charge in [-0.1, -0.05) is 60.0 Å². The number of methoxy groups -OCH3 is 1. The van der Waals surface area contributed by atoms with Crippen LogP contribution in [0.1, 0.15) is 47.8 Å². The number of hydrogen-bond donors (Lipinski definition) is 0. The van der Waals surface area contributed by atoms with Crippen LogP contribution >= 0.6 is 23.2 Å². The highest BCUT2D eigenvalue weighted by Gasteiger charge is 2.52. The first-order chi connectivity index (χ1) is 14.6. The van der Waals surface area contributed by atoms with Gasteiger partial charge in [-0.05, 0) is 77.8 Å². The number of nitrogens with zero attached hydrogens (tertiary/aromatic N) is 1. The maximum Gasteiger partial charge on any atom is 0.119 e. The van der Waals surface area contributed by atoms with Crippen molar-refractivity contribution in [3.63, 3.8) is 0 Å². The molecule has 152 valence electrons. The molecule has 1 aliphatic carbocycles. The molecule has 2 aliphatic rings. The van der Waals surface area contributed by atoms with Gasteiger partial charge >= 0.3 is 0 Å². The van der Waals surface area contributed by atoms with Crippen molar-refractivity contribution < 1.29 is 4.74 Å². The molecular formula is C26H23Cl2NO. The summed E-state index contributed by atoms with van der Waals surface area (Å²) in [5, 5.41) is 1.49. The van der Waals surface area contributed by atoms with Crippen LogP contribution in [0.15, 0.2) is 71.7 Å². The zero-order chi connectivity index (χ0) is 20.7. The number of benzene rings is 3. The highest BCUT2D eigenvalue weighted by atomic mass is 35.5. The van der Waals surface area contributed by atoms with Gasteiger partial charge in [0.05, 0.1) is 12.8 Å². The van der Waals surface area contributed by atoms with E-state index in [0.717, 1.165) is 40.7 Å². The third-order valence-electron chi connectivity index (χ3n) is 6.73. The van der Waals surface area contributed by atoms with Crippen LogP contribution in [0.25, 0.3) is 0 Å². The van der Waals surface area contributed by atoms with Crippen LogP contribution in [0.3, 0.4) is 0 Å². The molecule has 0 amide bonds. The fraction of sp³-hybridized carbons (Fsp3) is 0.269. The van der Waals surface area contributed by atoms with Crippen molar-refractivity contribution in [3.8, 4) is 5.75 Å². The first-order valence-electron chi connectivity index (χ1n) is 10.4. The summed E-state index contributed by atoms with van der Waals surface area (Å²) in [5.74, 6) is 1.46. The molecule has 1 fully saturated rings. The molecule has 3 atom stereocenters. The second-order valence-corrected chi connectivity index (χ2v) is 9.09. The standard InChI is InChI=1S/C26H23Cl2NO/c1-30-21-8-3-6-18(14-21)23-10-4-9-22(17-5-2-7-19(27)13-17)26(23)16-29-25-15-20(28)11-12-24(25)26/h2-3,5-8,11-16,22-23H,4,9-10H2,1H3. The number of fused-ring (bicyclic) bond motifs is 2. The lowest BCUT2D eigenvalue weighted by Crippen LogP contribution is -2.43. The maximum absolute atomic E-state index is 6.41. The normalized spacial score (nSPS) is 24.8. The van der Waals surface area contributed by atoms with Gasteiger partial charge in [0.15, 0.2) is 0 Å². The zero-order valence-corrected chi connectivity index (χ0v) is 18.3. The third-order valence-corrected chi connectivity index (χ3v) is 7.20. The Morgan fingerprint density at radius 1 is 0.867 bits per heavy atom. The van der Waals surface area contributed by atoms with Gasteiger partial charge in [0.1, 0.15) is 5.75 Å². The maximum atomic E-state index is 6.41. The number of rotatable bonds is 3. The number of hydrogen-bond acceptors (Lipinski definition) is 2. The van der Waals surface area contributed by atoms with E-state index in [9.17, 15) is 0 Å². The van der Waals surface area contributed by atoms with E-state index in [2.05, 4.69) is 48.7 Å². The van der Waals surface area contributed by atoms with Crippen LogP contribution in [-0.4, -0.2) is 13.3 Å². The number of ether oxygens (including phenoxy) is 1. The van der Waals surface area contributed by atoms with Crippen molar-refractivity contribution in [2.45, 2.75) is 36.5 Å². The van der Waals surface area contributed by atoms with E-state index < -0.39 is 0 Å². The lowest BCUT2D eigenvalue weighted by atomic mass is 9.55. The summed E-state index contributed by atoms with van der Waals surface area (Å²) >= 11 is 12.7. The summed E-state index contributed by atoms with van der Waals surface area (Å²) < 4.78 is 5.54. The minimum Gasteiger partial charge on any atom is -0.497 e. The van der Waals surface area contributed by atoms with Gasteiger partial charge in [0, 0.05) is 21.7 Å². The molecule has 1 spiro atoms. The van der Waals surface area contributed by atoms with Crippen LogP contribution in [0.4, 0.5) is 5.69 Å². The van der Waals surface area contributed by atoms with Crippen molar-refractivity contribution in [2.75, 3.05) is 7.11 Å². The SMILES string of the molecule is COc1cccc(C2CCCC(c3cccc(Cl)c3)C23C=Nc2cc(Cl)ccc23)c1. The van der Waals surface area contributed by atoms with Crippen LogP contribution in [0.5, 0.6) is 5.75 Å². The second-order valence-electron chi connectivity index (χ2n) is 8.22. The minimum absolute atomic E-state index is 0.241. The molecule has 3 aromatic carbocycles. The van der Waals surface area contributed by atoms with E-state index in [1.165, 1.54) is 16.7 Å². The molecule has 3 aromatic rings. The van der Waals surface area contributed by atoms with Gasteiger partial charge in [-0.25, -0.2) is 0 Å². The van der Waals surface area contributed by atoms with Crippen LogP contribution in [0.2, 0.25) is 10.0 Å². The molecule has 0 saturated heterocycles. The Morgan fingerprint density at radius 3 is 2.30 bits per heavy atom. The van der Waals surface area contributed by atoms with Gasteiger partial charge in [0.25, 0.3) is 0 Å². The van der Waals surface area contributed by atoms with Gasteiger partial charge < -0.3 is 4.74 Å². The molecule has 1 heterocycles. The Bertz CT molecular complexity index is 1130. The molecule has 5 rings (SSSR count). The molecular weight excluding hydrogens is 413 g/mol. The number of halogens is 2. The Hall–Kier alpha value is -2.29. The lowest BCUT2D eigenvalue weighted by molar-refractivity contribution is 0.289. The molecule has 3 unspecified atom stereocenters. The fourth-order valence-electron chi connectivity index (χ4n) is 5.49. The van der Waals surface area contributed by atoms with E-state index in [4.69, 9.17) is 32.9 Å². The summed E-state index contributed by atoms with van der Waals surface area (Å²) in [5.41, 5.74) is 4.54. The van der Waals surface area contributed by atoms with Gasteiger partial charge in [0.2, 0.25) is 0 Å². The Kier molecular flexibility index (Phi) is 5.08. The van der Waals surface area contributed by atoms with Crippen LogP contribution in [0, 0.1) is 0 Å². The minimum atomic E-state index is -0.241. The lowest BCUT2D eigenvalue weighted by Gasteiger charge is -2.47. The summed E-state index contributed by atoms with van der Waals surface area (Å²) in [6.45, 7) is 0. The average Bonchev–Trinajstić information content (AvgIpc) is 3.12. The zero-order valence-electron chi connectivity index (χ0n) is 16.8. The quantitative estimate of drug-likeness (QED) is 0.412. The summed E-state index contributed by atoms with van der Waals surface area (Å²) in [7, 11) is 1.72. The van der Waals surface area contributed by atoms with Gasteiger partial charge in [-0.3, -0.25) is 4.99 Å². The monoisotopic (exact) mass is 435 g/mol. The van der Waals surface area contributed by atoms with Gasteiger partial charge in [-0.15, -0.1) is 0 Å². The van der Waals surface area contributed by atoms with Gasteiger partial charge in [-0.2, -0.15) is 0 Å². The number of aliphatic imine (C=N–C) groups is 1. The molecule has 4 heteroatoms. The first kappa shape index (κ1) is 19.7. The molecule has 0 radical (unpaired) electrons. The molecule has 1 saturated carbocycles. The molecule has 0 aromatic heterocycles. The molecule has 30 heavy (non-hydrogen) atoms. The summed E-state index contributed by atoms with van der Waals surface area (Å²) in [4.78, 5) is 4.88. The van der Waals surface area contributed by atoms with E-state index >= 15 is 0 Å². The van der Waals surface area contributed by atoms with E-state index in [-0.39, 0.29) is 17.3 Å². The second kappa shape index (κ2) is 7.76. The summed E-state index contributed by atoms with van der Waals surface area (Å²) in [6.07, 6.45) is 5.52. The van der Waals surface area contributed by atoms with E-state index in [0.29, 0.717) is 0 Å². The van der Waals surface area contributed by atoms with E-state index in [1.807, 2.05) is 24.3 Å². The van der Waals surface area contributed by atoms with Crippen molar-refractivity contribution in [2.24, 2.45) is 4.99 Å². The highest BCUT2D eigenvalue weighted by molar-refractivity contribution is 6.31. The van der Waals surface area contributed by atoms with Crippen molar-refractivity contribution in [1.82, 2.24) is 0 Å². The molecule has 0 bridgehead atoms. The average molecular weight is 436 g/mol. The van der Waals surface area contributed by atoms with Crippen molar-refractivity contribution in [3.05, 3.63) is 93.5 Å². The smallest absolute Gasteiger partial charge is 0.119 e. The molecule has 1 aliphatic heterocycles. The van der Waals surface area contributed by atoms with Crippen LogP contribution in [-0.2, 0) is 5.41 Å². The van der Waals surface area contributed by atoms with Crippen LogP contribution < -0.4 is 4.74 Å². The molecule has 0 N–H and O–H groups in total. The first-order valence-corrected chi connectivity index (χ1v) is 11.1. The fourth-order valence-corrected chi connectivity index (χ4v) is 5.86. The summed E-state index contributed by atoms with van der Waals surface area (Å²) in [6, 6.07) is 22.9. The Morgan fingerprint density at radius 2 is 1.57 bits per heavy atom. The highest BCUT2D eigenvalue weighted by Crippen LogP contribution is 2.59.